The summed E-state index contributed by atoms with van der Waals surface area (Å²) in [6.45, 7) is 30.7. The van der Waals surface area contributed by atoms with Gasteiger partial charge in [0.15, 0.2) is 0 Å². The quantitative estimate of drug-likeness (QED) is 0.154. The first kappa shape index (κ1) is 53.5. The van der Waals surface area contributed by atoms with E-state index in [9.17, 15) is 5.11 Å². The number of imidazole rings is 1. The van der Waals surface area contributed by atoms with Crippen LogP contribution in [0, 0.1) is 12.9 Å². The topological polar surface area (TPSA) is 50.9 Å². The zero-order valence-corrected chi connectivity index (χ0v) is 51.6. The minimum atomic E-state index is -2.27. The predicted molar refractivity (Wildman–Crippen MR) is 336 cm³/mol. The van der Waals surface area contributed by atoms with E-state index in [0.29, 0.717) is 22.5 Å². The summed E-state index contributed by atoms with van der Waals surface area (Å²) in [6.07, 6.45) is 1.85. The van der Waals surface area contributed by atoms with Crippen LogP contribution in [0.1, 0.15) is 141 Å². The minimum Gasteiger partial charge on any atom is -0.507 e. The summed E-state index contributed by atoms with van der Waals surface area (Å²) in [5.41, 5.74) is 18.8. The maximum Gasteiger partial charge on any atom is 0.148 e. The van der Waals surface area contributed by atoms with Gasteiger partial charge < -0.3 is 5.11 Å². The van der Waals surface area contributed by atoms with E-state index in [1.165, 1.54) is 5.56 Å². The average Bonchev–Trinajstić information content (AvgIpc) is 2.51. The van der Waals surface area contributed by atoms with Crippen molar-refractivity contribution in [3.8, 4) is 89.7 Å². The second-order valence-corrected chi connectivity index (χ2v) is 26.7. The monoisotopic (exact) mass is 1230 g/mol. The first-order chi connectivity index (χ1) is 38.4. The third kappa shape index (κ3) is 11.4. The number of hydrogen-bond acceptors (Lipinski definition) is 3. The minimum absolute atomic E-state index is 0. The van der Waals surface area contributed by atoms with Gasteiger partial charge in [-0.05, 0) is 120 Å². The van der Waals surface area contributed by atoms with E-state index in [1.807, 2.05) is 42.6 Å². The maximum atomic E-state index is 12.9. The SMILES string of the molecule is [2H]C([2H])([2H])c1cc(C(C)(C)C)ccc1-c1ccc(-c2ccnc(-c3[c-]c(-c4cccc5c4nc(-c4cc(C(C)(C)C)cc(C(C)(C)C)c4O)n5-c4c(-c5ccccc5)cc(C(C)(C)C)cc4-c4ccccc4)cc(C(C)(C)C)c3)c2)cc1.[Pt]. The fraction of sp³-hybridized carbons (Fsp3) is 0.280. The van der Waals surface area contributed by atoms with Crippen LogP contribution in [0.5, 0.6) is 5.75 Å². The Labute approximate surface area is 495 Å². The molecule has 2 aromatic heterocycles. The van der Waals surface area contributed by atoms with E-state index >= 15 is 0 Å². The number of aromatic hydroxyl groups is 1. The Bertz CT molecular complexity index is 3970. The van der Waals surface area contributed by atoms with Gasteiger partial charge in [-0.15, -0.1) is 29.3 Å². The summed E-state index contributed by atoms with van der Waals surface area (Å²) < 4.78 is 27.7. The Morgan fingerprint density at radius 2 is 0.963 bits per heavy atom. The molecular weight excluding hydrogens is 1150 g/mol. The summed E-state index contributed by atoms with van der Waals surface area (Å²) in [7, 11) is 0. The zero-order chi connectivity index (χ0) is 59.1. The molecule has 0 fully saturated rings. The van der Waals surface area contributed by atoms with Crippen LogP contribution in [-0.2, 0) is 48.1 Å². The number of aryl methyl sites for hydroxylation is 1. The summed E-state index contributed by atoms with van der Waals surface area (Å²) in [5.74, 6) is 0.852. The number of fused-ring (bicyclic) bond motifs is 1. The van der Waals surface area contributed by atoms with Gasteiger partial charge in [0, 0.05) is 53.8 Å². The molecule has 0 radical (unpaired) electrons. The number of pyridine rings is 1. The van der Waals surface area contributed by atoms with Crippen molar-refractivity contribution in [2.24, 2.45) is 0 Å². The van der Waals surface area contributed by atoms with Gasteiger partial charge in [0.2, 0.25) is 0 Å². The first-order valence-corrected chi connectivity index (χ1v) is 27.9. The number of para-hydroxylation sites is 1. The number of benzene rings is 8. The summed E-state index contributed by atoms with van der Waals surface area (Å²) in [4.78, 5) is 10.8. The molecule has 10 rings (SSSR count). The molecule has 0 atom stereocenters. The molecule has 1 N–H and O–H groups in total. The number of hydrogen-bond donors (Lipinski definition) is 1. The Kier molecular flexibility index (Phi) is 14.3. The van der Waals surface area contributed by atoms with Crippen molar-refractivity contribution < 1.29 is 30.3 Å². The standard InChI is InChI=1S/C75H78N3O.Pt/c1-47-38-55(71(2,3)4)34-35-59(47)51-32-30-48(31-33-51)52-36-37-76-65(42-52)54-39-53(40-56(41-54)72(5,6)7)60-28-23-29-66-67(60)77-70(63-45-58(74(11,12)13)46-64(69(63)79)75(14,15)16)78(66)68-61(49-24-19-17-20-25-49)43-57(73(8,9)10)44-62(68)50-26-21-18-22-27-50;/h17-38,40-46,79H,1-16H3;/q-1;/i1D3;. The molecule has 10 aromatic rings. The Balaban J connectivity index is 0.00000828. The van der Waals surface area contributed by atoms with Gasteiger partial charge >= 0.3 is 0 Å². The van der Waals surface area contributed by atoms with Crippen LogP contribution in [0.25, 0.3) is 95.0 Å². The van der Waals surface area contributed by atoms with Gasteiger partial charge in [-0.2, -0.15) is 0 Å². The zero-order valence-electron chi connectivity index (χ0n) is 52.3. The molecule has 0 aliphatic rings. The Hall–Kier alpha value is -7.13. The fourth-order valence-electron chi connectivity index (χ4n) is 10.7. The van der Waals surface area contributed by atoms with Crippen molar-refractivity contribution in [2.45, 2.75) is 138 Å². The van der Waals surface area contributed by atoms with E-state index in [1.54, 1.807) is 0 Å². The van der Waals surface area contributed by atoms with Gasteiger partial charge in [-0.1, -0.05) is 242 Å². The van der Waals surface area contributed by atoms with Crippen LogP contribution in [0.3, 0.4) is 0 Å². The van der Waals surface area contributed by atoms with E-state index in [4.69, 9.17) is 14.1 Å². The second kappa shape index (κ2) is 21.4. The van der Waals surface area contributed by atoms with Crippen LogP contribution in [0.2, 0.25) is 0 Å². The van der Waals surface area contributed by atoms with Crippen LogP contribution < -0.4 is 0 Å². The van der Waals surface area contributed by atoms with Gasteiger partial charge in [-0.25, -0.2) is 4.98 Å². The van der Waals surface area contributed by atoms with Gasteiger partial charge in [-0.3, -0.25) is 9.55 Å². The van der Waals surface area contributed by atoms with Crippen molar-refractivity contribution in [1.29, 1.82) is 0 Å². The molecule has 8 aromatic carbocycles. The van der Waals surface area contributed by atoms with E-state index in [2.05, 4.69) is 248 Å². The van der Waals surface area contributed by atoms with E-state index in [-0.39, 0.29) is 48.5 Å². The van der Waals surface area contributed by atoms with E-state index in [0.717, 1.165) is 100 Å². The number of aromatic nitrogens is 3. The van der Waals surface area contributed by atoms with Crippen LogP contribution in [-0.4, -0.2) is 19.6 Å². The molecular formula is C75H78N3OPt-. The van der Waals surface area contributed by atoms with E-state index < -0.39 is 12.3 Å². The normalized spacial score (nSPS) is 13.2. The van der Waals surface area contributed by atoms with Crippen LogP contribution in [0.4, 0.5) is 0 Å². The van der Waals surface area contributed by atoms with Gasteiger partial charge in [0.05, 0.1) is 22.3 Å². The smallest absolute Gasteiger partial charge is 0.148 e. The molecule has 2 heterocycles. The third-order valence-corrected chi connectivity index (χ3v) is 15.6. The van der Waals surface area contributed by atoms with Crippen molar-refractivity contribution in [1.82, 2.24) is 14.5 Å². The molecule has 4 nitrogen and oxygen atoms in total. The van der Waals surface area contributed by atoms with Gasteiger partial charge in [0.1, 0.15) is 11.6 Å². The summed E-state index contributed by atoms with van der Waals surface area (Å²) in [5, 5.41) is 12.9. The number of phenols is 1. The van der Waals surface area contributed by atoms with Crippen molar-refractivity contribution >= 4 is 11.0 Å². The summed E-state index contributed by atoms with van der Waals surface area (Å²) >= 11 is 0. The predicted octanol–water partition coefficient (Wildman–Crippen LogP) is 20.4. The molecule has 0 saturated heterocycles. The molecule has 0 unspecified atom stereocenters. The fourth-order valence-corrected chi connectivity index (χ4v) is 10.7. The molecule has 0 aliphatic carbocycles. The largest absolute Gasteiger partial charge is 0.507 e. The molecule has 0 saturated carbocycles. The van der Waals surface area contributed by atoms with Crippen LogP contribution >= 0.6 is 0 Å². The molecule has 0 spiro atoms. The molecule has 80 heavy (non-hydrogen) atoms. The van der Waals surface area contributed by atoms with Crippen LogP contribution in [0.15, 0.2) is 176 Å². The molecule has 410 valence electrons. The van der Waals surface area contributed by atoms with Crippen molar-refractivity contribution in [3.63, 3.8) is 0 Å². The number of nitrogens with zero attached hydrogens (tertiary/aromatic N) is 3. The average molecular weight is 1240 g/mol. The second-order valence-electron chi connectivity index (χ2n) is 26.7. The Morgan fingerprint density at radius 1 is 0.438 bits per heavy atom. The number of phenolic OH excluding ortho intramolecular Hbond substituents is 1. The number of rotatable bonds is 8. The third-order valence-electron chi connectivity index (χ3n) is 15.6. The molecule has 5 heteroatoms. The summed E-state index contributed by atoms with van der Waals surface area (Å²) in [6, 6.07) is 63.3. The first-order valence-electron chi connectivity index (χ1n) is 29.4. The van der Waals surface area contributed by atoms with Crippen molar-refractivity contribution in [3.05, 3.63) is 216 Å². The van der Waals surface area contributed by atoms with Gasteiger partial charge in [0.25, 0.3) is 0 Å². The Morgan fingerprint density at radius 3 is 1.52 bits per heavy atom. The van der Waals surface area contributed by atoms with Crippen molar-refractivity contribution in [2.75, 3.05) is 0 Å². The molecule has 0 bridgehead atoms. The molecule has 0 amide bonds. The maximum absolute atomic E-state index is 12.9. The molecule has 0 aliphatic heterocycles.